The number of aryl methyl sites for hydroxylation is 1. The fourth-order valence-electron chi connectivity index (χ4n) is 2.68. The van der Waals surface area contributed by atoms with Gasteiger partial charge in [-0.15, -0.1) is 0 Å². The third-order valence-corrected chi connectivity index (χ3v) is 3.81. The van der Waals surface area contributed by atoms with E-state index >= 15 is 0 Å². The fraction of sp³-hybridized carbons (Fsp3) is 0.688. The van der Waals surface area contributed by atoms with Crippen molar-refractivity contribution in [2.45, 2.75) is 52.2 Å². The molecule has 0 bridgehead atoms. The molecule has 2 rings (SSSR count). The van der Waals surface area contributed by atoms with Crippen molar-refractivity contribution in [3.05, 3.63) is 23.4 Å². The Morgan fingerprint density at radius 3 is 2.80 bits per heavy atom. The first-order chi connectivity index (χ1) is 9.67. The first-order valence-corrected chi connectivity index (χ1v) is 7.74. The van der Waals surface area contributed by atoms with Crippen LogP contribution in [0.4, 0.5) is 5.82 Å². The second-order valence-corrected chi connectivity index (χ2v) is 5.68. The van der Waals surface area contributed by atoms with E-state index in [0.717, 1.165) is 30.7 Å². The SMILES string of the molecule is CCCNC(c1cc(C)cnc1N)C(OCC)C1CC1. The average Bonchev–Trinajstić information content (AvgIpc) is 3.26. The summed E-state index contributed by atoms with van der Waals surface area (Å²) in [6, 6.07) is 2.29. The van der Waals surface area contributed by atoms with Crippen LogP contribution >= 0.6 is 0 Å². The molecule has 1 fully saturated rings. The van der Waals surface area contributed by atoms with Crippen LogP contribution in [0.5, 0.6) is 0 Å². The summed E-state index contributed by atoms with van der Waals surface area (Å²) in [6.45, 7) is 8.00. The molecular weight excluding hydrogens is 250 g/mol. The molecule has 1 aromatic heterocycles. The van der Waals surface area contributed by atoms with Gasteiger partial charge in [-0.3, -0.25) is 0 Å². The lowest BCUT2D eigenvalue weighted by atomic mass is 9.97. The Balaban J connectivity index is 2.26. The van der Waals surface area contributed by atoms with Gasteiger partial charge in [-0.2, -0.15) is 0 Å². The van der Waals surface area contributed by atoms with Gasteiger partial charge >= 0.3 is 0 Å². The summed E-state index contributed by atoms with van der Waals surface area (Å²) in [6.07, 6.45) is 5.64. The molecule has 2 atom stereocenters. The molecule has 0 saturated heterocycles. The molecule has 0 amide bonds. The number of hydrogen-bond acceptors (Lipinski definition) is 4. The van der Waals surface area contributed by atoms with Crippen molar-refractivity contribution in [3.63, 3.8) is 0 Å². The van der Waals surface area contributed by atoms with Crippen LogP contribution in [0.2, 0.25) is 0 Å². The van der Waals surface area contributed by atoms with Gasteiger partial charge in [0.2, 0.25) is 0 Å². The van der Waals surface area contributed by atoms with Crippen LogP contribution in [0.15, 0.2) is 12.3 Å². The Hall–Kier alpha value is -1.13. The van der Waals surface area contributed by atoms with Crippen molar-refractivity contribution in [2.75, 3.05) is 18.9 Å². The molecule has 0 aliphatic heterocycles. The Morgan fingerprint density at radius 2 is 2.20 bits per heavy atom. The molecule has 0 spiro atoms. The van der Waals surface area contributed by atoms with E-state index in [2.05, 4.69) is 37.1 Å². The van der Waals surface area contributed by atoms with Crippen molar-refractivity contribution in [1.29, 1.82) is 0 Å². The van der Waals surface area contributed by atoms with Gasteiger partial charge in [0.25, 0.3) is 0 Å². The third-order valence-electron chi connectivity index (χ3n) is 3.81. The zero-order valence-electron chi connectivity index (χ0n) is 12.9. The van der Waals surface area contributed by atoms with Crippen molar-refractivity contribution in [2.24, 2.45) is 5.92 Å². The zero-order chi connectivity index (χ0) is 14.5. The number of ether oxygens (including phenoxy) is 1. The highest BCUT2D eigenvalue weighted by Crippen LogP contribution is 2.41. The molecule has 3 N–H and O–H groups in total. The number of nitrogens with zero attached hydrogens (tertiary/aromatic N) is 1. The van der Waals surface area contributed by atoms with Crippen molar-refractivity contribution >= 4 is 5.82 Å². The lowest BCUT2D eigenvalue weighted by molar-refractivity contribution is 0.0187. The van der Waals surface area contributed by atoms with Gasteiger partial charge in [0.15, 0.2) is 0 Å². The van der Waals surface area contributed by atoms with E-state index in [1.807, 2.05) is 6.20 Å². The average molecular weight is 277 g/mol. The second-order valence-electron chi connectivity index (χ2n) is 5.68. The molecule has 4 heteroatoms. The number of nitrogens with one attached hydrogen (secondary N) is 1. The molecule has 0 aromatic carbocycles. The van der Waals surface area contributed by atoms with E-state index in [1.165, 1.54) is 12.8 Å². The summed E-state index contributed by atoms with van der Waals surface area (Å²) < 4.78 is 6.03. The molecule has 1 aliphatic carbocycles. The van der Waals surface area contributed by atoms with Crippen LogP contribution in [0.3, 0.4) is 0 Å². The highest BCUT2D eigenvalue weighted by Gasteiger charge is 2.38. The van der Waals surface area contributed by atoms with Crippen LogP contribution < -0.4 is 11.1 Å². The lowest BCUT2D eigenvalue weighted by Crippen LogP contribution is -2.36. The van der Waals surface area contributed by atoms with E-state index < -0.39 is 0 Å². The summed E-state index contributed by atoms with van der Waals surface area (Å²) in [7, 11) is 0. The number of nitrogen functional groups attached to an aromatic ring is 1. The predicted octanol–water partition coefficient (Wildman–Crippen LogP) is 2.83. The predicted molar refractivity (Wildman–Crippen MR) is 82.6 cm³/mol. The summed E-state index contributed by atoms with van der Waals surface area (Å²) in [5.41, 5.74) is 8.34. The quantitative estimate of drug-likeness (QED) is 0.767. The molecule has 1 aromatic rings. The summed E-state index contributed by atoms with van der Waals surface area (Å²) in [4.78, 5) is 4.31. The highest BCUT2D eigenvalue weighted by molar-refractivity contribution is 5.43. The molecule has 2 unspecified atom stereocenters. The van der Waals surface area contributed by atoms with Gasteiger partial charge < -0.3 is 15.8 Å². The minimum absolute atomic E-state index is 0.148. The Bertz CT molecular complexity index is 432. The highest BCUT2D eigenvalue weighted by atomic mass is 16.5. The maximum Gasteiger partial charge on any atom is 0.128 e. The van der Waals surface area contributed by atoms with Gasteiger partial charge in [-0.05, 0) is 57.2 Å². The first kappa shape index (κ1) is 15.3. The fourth-order valence-corrected chi connectivity index (χ4v) is 2.68. The number of rotatable bonds is 8. The van der Waals surface area contributed by atoms with Gasteiger partial charge in [-0.25, -0.2) is 4.98 Å². The summed E-state index contributed by atoms with van der Waals surface area (Å²) in [5.74, 6) is 1.28. The van der Waals surface area contributed by atoms with Crippen LogP contribution in [0, 0.1) is 12.8 Å². The van der Waals surface area contributed by atoms with E-state index in [1.54, 1.807) is 0 Å². The van der Waals surface area contributed by atoms with E-state index in [0.29, 0.717) is 11.7 Å². The van der Waals surface area contributed by atoms with E-state index in [-0.39, 0.29) is 12.1 Å². The topological polar surface area (TPSA) is 60.2 Å². The number of nitrogens with two attached hydrogens (primary N) is 1. The van der Waals surface area contributed by atoms with Crippen molar-refractivity contribution < 1.29 is 4.74 Å². The maximum atomic E-state index is 6.11. The minimum Gasteiger partial charge on any atom is -0.383 e. The monoisotopic (exact) mass is 277 g/mol. The maximum absolute atomic E-state index is 6.11. The van der Waals surface area contributed by atoms with Crippen LogP contribution in [0.25, 0.3) is 0 Å². The summed E-state index contributed by atoms with van der Waals surface area (Å²) in [5, 5.41) is 3.62. The van der Waals surface area contributed by atoms with Gasteiger partial charge in [0, 0.05) is 18.4 Å². The van der Waals surface area contributed by atoms with Gasteiger partial charge in [0.1, 0.15) is 5.82 Å². The lowest BCUT2D eigenvalue weighted by Gasteiger charge is -2.29. The smallest absolute Gasteiger partial charge is 0.128 e. The molecule has 1 aliphatic rings. The minimum atomic E-state index is 0.148. The molecule has 4 nitrogen and oxygen atoms in total. The van der Waals surface area contributed by atoms with Gasteiger partial charge in [-0.1, -0.05) is 6.92 Å². The molecular formula is C16H27N3O. The zero-order valence-corrected chi connectivity index (χ0v) is 12.9. The molecule has 1 saturated carbocycles. The Morgan fingerprint density at radius 1 is 1.45 bits per heavy atom. The molecule has 112 valence electrons. The first-order valence-electron chi connectivity index (χ1n) is 7.74. The Labute approximate surface area is 122 Å². The van der Waals surface area contributed by atoms with Crippen LogP contribution in [-0.4, -0.2) is 24.2 Å². The van der Waals surface area contributed by atoms with Crippen molar-refractivity contribution in [1.82, 2.24) is 10.3 Å². The second kappa shape index (κ2) is 7.04. The van der Waals surface area contributed by atoms with Crippen molar-refractivity contribution in [3.8, 4) is 0 Å². The van der Waals surface area contributed by atoms with Crippen LogP contribution in [0.1, 0.15) is 50.3 Å². The normalized spacial score (nSPS) is 17.9. The number of hydrogen-bond donors (Lipinski definition) is 2. The summed E-state index contributed by atoms with van der Waals surface area (Å²) >= 11 is 0. The number of anilines is 1. The van der Waals surface area contributed by atoms with Crippen LogP contribution in [-0.2, 0) is 4.74 Å². The van der Waals surface area contributed by atoms with E-state index in [9.17, 15) is 0 Å². The largest absolute Gasteiger partial charge is 0.383 e. The number of pyridine rings is 1. The van der Waals surface area contributed by atoms with E-state index in [4.69, 9.17) is 10.5 Å². The van der Waals surface area contributed by atoms with Gasteiger partial charge in [0.05, 0.1) is 12.1 Å². The molecule has 0 radical (unpaired) electrons. The standard InChI is InChI=1S/C16H27N3O/c1-4-8-18-14(15(20-5-2)12-6-7-12)13-9-11(3)10-19-16(13)17/h9-10,12,14-15,18H,4-8H2,1-3H3,(H2,17,19). The Kier molecular flexibility index (Phi) is 5.38. The third kappa shape index (κ3) is 3.70. The molecule has 20 heavy (non-hydrogen) atoms. The number of aromatic nitrogens is 1. The molecule has 1 heterocycles.